The maximum atomic E-state index is 12.4. The normalized spacial score (nSPS) is 20.7. The van der Waals surface area contributed by atoms with E-state index in [4.69, 9.17) is 14.0 Å². The first-order valence-corrected chi connectivity index (χ1v) is 7.56. The van der Waals surface area contributed by atoms with Crippen LogP contribution in [0, 0.1) is 6.92 Å². The number of likely N-dealkylation sites (tertiary alicyclic amines) is 1. The van der Waals surface area contributed by atoms with Crippen LogP contribution in [0.25, 0.3) is 0 Å². The number of aryl methyl sites for hydroxylation is 1. The molecule has 1 aliphatic rings. The SMILES string of the molecule is CO[C@]1(COc2ccccc2C)CCN(C(=O)c2cnoc2)C1. The number of carbonyl (C=O) groups is 1. The van der Waals surface area contributed by atoms with E-state index in [9.17, 15) is 4.79 Å². The number of hydrogen-bond donors (Lipinski definition) is 0. The Hall–Kier alpha value is -2.34. The van der Waals surface area contributed by atoms with Gasteiger partial charge in [-0.25, -0.2) is 0 Å². The first kappa shape index (κ1) is 15.6. The fourth-order valence-electron chi connectivity index (χ4n) is 2.78. The Morgan fingerprint density at radius 1 is 1.43 bits per heavy atom. The van der Waals surface area contributed by atoms with Crippen LogP contribution in [0.2, 0.25) is 0 Å². The third-order valence-electron chi connectivity index (χ3n) is 4.30. The van der Waals surface area contributed by atoms with Gasteiger partial charge in [-0.1, -0.05) is 23.4 Å². The van der Waals surface area contributed by atoms with Crippen LogP contribution in [0.1, 0.15) is 22.3 Å². The van der Waals surface area contributed by atoms with Crippen molar-refractivity contribution >= 4 is 5.91 Å². The molecule has 2 heterocycles. The minimum absolute atomic E-state index is 0.0962. The van der Waals surface area contributed by atoms with Crippen LogP contribution in [-0.2, 0) is 4.74 Å². The van der Waals surface area contributed by atoms with Crippen molar-refractivity contribution in [3.8, 4) is 5.75 Å². The van der Waals surface area contributed by atoms with Crippen molar-refractivity contribution in [2.45, 2.75) is 18.9 Å². The zero-order valence-electron chi connectivity index (χ0n) is 13.3. The molecule has 23 heavy (non-hydrogen) atoms. The maximum Gasteiger partial charge on any atom is 0.258 e. The largest absolute Gasteiger partial charge is 0.490 e. The zero-order valence-corrected chi connectivity index (χ0v) is 13.3. The van der Waals surface area contributed by atoms with E-state index in [2.05, 4.69) is 5.16 Å². The Morgan fingerprint density at radius 2 is 2.26 bits per heavy atom. The molecule has 1 aromatic carbocycles. The molecule has 122 valence electrons. The van der Waals surface area contributed by atoms with Crippen LogP contribution >= 0.6 is 0 Å². The van der Waals surface area contributed by atoms with Crippen molar-refractivity contribution in [3.05, 3.63) is 47.9 Å². The van der Waals surface area contributed by atoms with Gasteiger partial charge in [-0.2, -0.15) is 0 Å². The van der Waals surface area contributed by atoms with Crippen molar-refractivity contribution in [1.29, 1.82) is 0 Å². The highest BCUT2D eigenvalue weighted by Crippen LogP contribution is 2.28. The van der Waals surface area contributed by atoms with E-state index >= 15 is 0 Å². The van der Waals surface area contributed by atoms with Crippen LogP contribution < -0.4 is 4.74 Å². The molecule has 1 fully saturated rings. The summed E-state index contributed by atoms with van der Waals surface area (Å²) in [5.41, 5.74) is 1.04. The smallest absolute Gasteiger partial charge is 0.258 e. The van der Waals surface area contributed by atoms with Gasteiger partial charge in [0.05, 0.1) is 18.3 Å². The Morgan fingerprint density at radius 3 is 2.96 bits per heavy atom. The molecule has 0 bridgehead atoms. The average molecular weight is 316 g/mol. The summed E-state index contributed by atoms with van der Waals surface area (Å²) in [4.78, 5) is 14.1. The molecule has 3 rings (SSSR count). The summed E-state index contributed by atoms with van der Waals surface area (Å²) in [6.07, 6.45) is 3.52. The molecule has 0 spiro atoms. The van der Waals surface area contributed by atoms with E-state index in [1.807, 2.05) is 31.2 Å². The molecule has 1 aromatic heterocycles. The summed E-state index contributed by atoms with van der Waals surface area (Å²) in [6, 6.07) is 7.86. The molecule has 0 saturated carbocycles. The molecule has 1 atom stereocenters. The Labute approximate surface area is 135 Å². The number of ether oxygens (including phenoxy) is 2. The van der Waals surface area contributed by atoms with E-state index in [0.717, 1.165) is 17.7 Å². The summed E-state index contributed by atoms with van der Waals surface area (Å²) < 4.78 is 16.4. The van der Waals surface area contributed by atoms with Gasteiger partial charge in [-0.15, -0.1) is 0 Å². The summed E-state index contributed by atoms with van der Waals surface area (Å²) >= 11 is 0. The number of carbonyl (C=O) groups excluding carboxylic acids is 1. The summed E-state index contributed by atoms with van der Waals surface area (Å²) in [5, 5.41) is 3.58. The molecule has 1 amide bonds. The van der Waals surface area contributed by atoms with E-state index in [1.54, 1.807) is 12.0 Å². The van der Waals surface area contributed by atoms with Crippen LogP contribution in [0.3, 0.4) is 0 Å². The van der Waals surface area contributed by atoms with Gasteiger partial charge in [0.25, 0.3) is 5.91 Å². The Bertz CT molecular complexity index is 671. The van der Waals surface area contributed by atoms with Gasteiger partial charge in [0, 0.05) is 13.7 Å². The lowest BCUT2D eigenvalue weighted by atomic mass is 10.0. The molecule has 6 nitrogen and oxygen atoms in total. The molecular weight excluding hydrogens is 296 g/mol. The highest BCUT2D eigenvalue weighted by Gasteiger charge is 2.41. The van der Waals surface area contributed by atoms with Gasteiger partial charge in [0.1, 0.15) is 24.2 Å². The highest BCUT2D eigenvalue weighted by atomic mass is 16.5. The zero-order chi connectivity index (χ0) is 16.3. The maximum absolute atomic E-state index is 12.4. The second-order valence-corrected chi connectivity index (χ2v) is 5.83. The lowest BCUT2D eigenvalue weighted by molar-refractivity contribution is -0.0344. The highest BCUT2D eigenvalue weighted by molar-refractivity contribution is 5.93. The fraction of sp³-hybridized carbons (Fsp3) is 0.412. The van der Waals surface area contributed by atoms with E-state index in [-0.39, 0.29) is 5.91 Å². The third kappa shape index (κ3) is 3.22. The van der Waals surface area contributed by atoms with Crippen molar-refractivity contribution in [1.82, 2.24) is 10.1 Å². The number of methoxy groups -OCH3 is 1. The molecule has 0 unspecified atom stereocenters. The molecule has 0 aliphatic carbocycles. The standard InChI is InChI=1S/C17H20N2O4/c1-13-5-3-4-6-15(13)22-12-17(21-2)7-8-19(11-17)16(20)14-9-18-23-10-14/h3-6,9-10H,7-8,11-12H2,1-2H3/t17-/m1/s1. The molecule has 1 saturated heterocycles. The molecule has 6 heteroatoms. The molecule has 0 N–H and O–H groups in total. The lowest BCUT2D eigenvalue weighted by Crippen LogP contribution is -2.42. The van der Waals surface area contributed by atoms with E-state index in [0.29, 0.717) is 25.3 Å². The lowest BCUT2D eigenvalue weighted by Gasteiger charge is -2.28. The number of hydrogen-bond acceptors (Lipinski definition) is 5. The number of nitrogens with zero attached hydrogens (tertiary/aromatic N) is 2. The fourth-order valence-corrected chi connectivity index (χ4v) is 2.78. The minimum atomic E-state index is -0.491. The van der Waals surface area contributed by atoms with Gasteiger partial charge in [-0.05, 0) is 25.0 Å². The molecule has 0 radical (unpaired) electrons. The first-order chi connectivity index (χ1) is 11.1. The Kier molecular flexibility index (Phi) is 4.34. The molecule has 1 aliphatic heterocycles. The summed E-state index contributed by atoms with van der Waals surface area (Å²) in [5.74, 6) is 0.744. The number of benzene rings is 1. The monoisotopic (exact) mass is 316 g/mol. The van der Waals surface area contributed by atoms with Gasteiger partial charge < -0.3 is 18.9 Å². The van der Waals surface area contributed by atoms with Crippen LogP contribution in [0.4, 0.5) is 0 Å². The third-order valence-corrected chi connectivity index (χ3v) is 4.30. The predicted octanol–water partition coefficient (Wildman–Crippen LogP) is 2.29. The second kappa shape index (κ2) is 6.42. The summed E-state index contributed by atoms with van der Waals surface area (Å²) in [7, 11) is 1.66. The van der Waals surface area contributed by atoms with Crippen LogP contribution in [0.5, 0.6) is 5.75 Å². The van der Waals surface area contributed by atoms with Gasteiger partial charge in [0.15, 0.2) is 0 Å². The number of aromatic nitrogens is 1. The van der Waals surface area contributed by atoms with E-state index in [1.165, 1.54) is 12.5 Å². The van der Waals surface area contributed by atoms with Gasteiger partial charge >= 0.3 is 0 Å². The van der Waals surface area contributed by atoms with Crippen molar-refractivity contribution in [2.24, 2.45) is 0 Å². The molecule has 2 aromatic rings. The van der Waals surface area contributed by atoms with Crippen molar-refractivity contribution < 1.29 is 18.8 Å². The number of rotatable bonds is 5. The topological polar surface area (TPSA) is 64.8 Å². The van der Waals surface area contributed by atoms with Crippen molar-refractivity contribution in [3.63, 3.8) is 0 Å². The molecular formula is C17H20N2O4. The van der Waals surface area contributed by atoms with Crippen molar-refractivity contribution in [2.75, 3.05) is 26.8 Å². The first-order valence-electron chi connectivity index (χ1n) is 7.56. The minimum Gasteiger partial charge on any atom is -0.490 e. The second-order valence-electron chi connectivity index (χ2n) is 5.83. The summed E-state index contributed by atoms with van der Waals surface area (Å²) in [6.45, 7) is 3.52. The quantitative estimate of drug-likeness (QED) is 0.847. The predicted molar refractivity (Wildman–Crippen MR) is 83.4 cm³/mol. The van der Waals surface area contributed by atoms with Gasteiger partial charge in [-0.3, -0.25) is 4.79 Å². The number of amides is 1. The van der Waals surface area contributed by atoms with Crippen LogP contribution in [0.15, 0.2) is 41.2 Å². The number of para-hydroxylation sites is 1. The Balaban J connectivity index is 1.66. The average Bonchev–Trinajstić information content (AvgIpc) is 3.24. The van der Waals surface area contributed by atoms with E-state index < -0.39 is 5.60 Å². The van der Waals surface area contributed by atoms with Crippen LogP contribution in [-0.4, -0.2) is 48.4 Å². The van der Waals surface area contributed by atoms with Gasteiger partial charge in [0.2, 0.25) is 0 Å².